The van der Waals surface area contributed by atoms with E-state index in [-0.39, 0.29) is 0 Å². The number of hydrogen-bond donors (Lipinski definition) is 1. The Kier molecular flexibility index (Phi) is 5.66. The van der Waals surface area contributed by atoms with Gasteiger partial charge in [-0.2, -0.15) is 11.8 Å². The van der Waals surface area contributed by atoms with Crippen LogP contribution < -0.4 is 10.6 Å². The maximum Gasteiger partial charge on any atom is 0.0510 e. The molecule has 0 spiro atoms. The summed E-state index contributed by atoms with van der Waals surface area (Å²) in [5.41, 5.74) is 7.99. The van der Waals surface area contributed by atoms with Crippen molar-refractivity contribution < 1.29 is 0 Å². The predicted octanol–water partition coefficient (Wildman–Crippen LogP) is 3.10. The Hall–Kier alpha value is -0.190. The van der Waals surface area contributed by atoms with Gasteiger partial charge in [-0.15, -0.1) is 0 Å². The molecule has 2 nitrogen and oxygen atoms in total. The molecular formula is C12H19BrN2S. The lowest BCUT2D eigenvalue weighted by Gasteiger charge is -2.27. The van der Waals surface area contributed by atoms with Crippen LogP contribution in [-0.2, 0) is 6.54 Å². The van der Waals surface area contributed by atoms with E-state index < -0.39 is 0 Å². The van der Waals surface area contributed by atoms with Crippen molar-refractivity contribution in [2.24, 2.45) is 5.73 Å². The van der Waals surface area contributed by atoms with Crippen LogP contribution in [0.15, 0.2) is 22.7 Å². The van der Waals surface area contributed by atoms with Crippen LogP contribution in [0.1, 0.15) is 12.5 Å². The first-order chi connectivity index (χ1) is 7.60. The largest absolute Gasteiger partial charge is 0.370 e. The minimum Gasteiger partial charge on any atom is -0.370 e. The van der Waals surface area contributed by atoms with Crippen molar-refractivity contribution in [2.45, 2.75) is 19.5 Å². The first kappa shape index (κ1) is 13.9. The van der Waals surface area contributed by atoms with Crippen LogP contribution in [0, 0.1) is 0 Å². The van der Waals surface area contributed by atoms with Gasteiger partial charge < -0.3 is 10.6 Å². The van der Waals surface area contributed by atoms with Crippen LogP contribution in [0.25, 0.3) is 0 Å². The second kappa shape index (κ2) is 6.52. The van der Waals surface area contributed by atoms with Crippen LogP contribution in [0.2, 0.25) is 0 Å². The molecule has 0 aliphatic heterocycles. The molecule has 1 atom stereocenters. The van der Waals surface area contributed by atoms with Crippen LogP contribution in [-0.4, -0.2) is 25.1 Å². The standard InChI is InChI=1S/C12H19BrN2S/c1-9(8-16-3)15(2)12-5-4-10(7-14)6-11(12)13/h4-6,9H,7-8,14H2,1-3H3. The minimum atomic E-state index is 0.523. The van der Waals surface area contributed by atoms with E-state index in [9.17, 15) is 0 Å². The number of hydrogen-bond acceptors (Lipinski definition) is 3. The van der Waals surface area contributed by atoms with Crippen LogP contribution in [0.4, 0.5) is 5.69 Å². The molecule has 0 saturated carbocycles. The van der Waals surface area contributed by atoms with Gasteiger partial charge in [-0.3, -0.25) is 0 Å². The van der Waals surface area contributed by atoms with E-state index >= 15 is 0 Å². The fourth-order valence-electron chi connectivity index (χ4n) is 1.55. The molecule has 90 valence electrons. The Balaban J connectivity index is 2.87. The van der Waals surface area contributed by atoms with Gasteiger partial charge in [0.25, 0.3) is 0 Å². The van der Waals surface area contributed by atoms with E-state index in [0.29, 0.717) is 12.6 Å². The smallest absolute Gasteiger partial charge is 0.0510 e. The summed E-state index contributed by atoms with van der Waals surface area (Å²) in [5, 5.41) is 0. The summed E-state index contributed by atoms with van der Waals surface area (Å²) in [5.74, 6) is 1.13. The van der Waals surface area contributed by atoms with Crippen LogP contribution in [0.3, 0.4) is 0 Å². The average molecular weight is 303 g/mol. The SMILES string of the molecule is CSCC(C)N(C)c1ccc(CN)cc1Br. The zero-order valence-corrected chi connectivity index (χ0v) is 12.4. The van der Waals surface area contributed by atoms with E-state index in [2.05, 4.69) is 59.3 Å². The maximum atomic E-state index is 5.61. The minimum absolute atomic E-state index is 0.523. The van der Waals surface area contributed by atoms with E-state index in [1.165, 1.54) is 5.69 Å². The first-order valence-corrected chi connectivity index (χ1v) is 7.49. The third-order valence-electron chi connectivity index (χ3n) is 2.70. The molecule has 1 rings (SSSR count). The van der Waals surface area contributed by atoms with Gasteiger partial charge in [-0.05, 0) is 46.8 Å². The summed E-state index contributed by atoms with van der Waals surface area (Å²) in [6.45, 7) is 2.82. The van der Waals surface area contributed by atoms with E-state index in [1.54, 1.807) is 0 Å². The quantitative estimate of drug-likeness (QED) is 0.906. The molecule has 4 heteroatoms. The maximum absolute atomic E-state index is 5.61. The Morgan fingerprint density at radius 2 is 2.19 bits per heavy atom. The van der Waals surface area contributed by atoms with Crippen molar-refractivity contribution in [1.29, 1.82) is 0 Å². The molecule has 0 aliphatic rings. The average Bonchev–Trinajstić information content (AvgIpc) is 2.28. The second-order valence-corrected chi connectivity index (χ2v) is 5.67. The van der Waals surface area contributed by atoms with E-state index in [0.717, 1.165) is 15.8 Å². The molecule has 0 amide bonds. The third kappa shape index (κ3) is 3.40. The van der Waals surface area contributed by atoms with Gasteiger partial charge in [0.2, 0.25) is 0 Å². The highest BCUT2D eigenvalue weighted by atomic mass is 79.9. The normalized spacial score (nSPS) is 12.6. The number of rotatable bonds is 5. The molecule has 0 aliphatic carbocycles. The van der Waals surface area contributed by atoms with Gasteiger partial charge in [0.1, 0.15) is 0 Å². The third-order valence-corrected chi connectivity index (χ3v) is 4.15. The summed E-state index contributed by atoms with van der Waals surface area (Å²) < 4.78 is 1.12. The summed E-state index contributed by atoms with van der Waals surface area (Å²) in [6, 6.07) is 6.83. The van der Waals surface area contributed by atoms with Gasteiger partial charge in [-0.25, -0.2) is 0 Å². The Morgan fingerprint density at radius 3 is 2.69 bits per heavy atom. The van der Waals surface area contributed by atoms with Gasteiger partial charge in [-0.1, -0.05) is 6.07 Å². The molecule has 0 radical (unpaired) electrons. The molecule has 0 saturated heterocycles. The summed E-state index contributed by atoms with van der Waals surface area (Å²) >= 11 is 5.47. The number of benzene rings is 1. The second-order valence-electron chi connectivity index (χ2n) is 3.91. The number of anilines is 1. The lowest BCUT2D eigenvalue weighted by Crippen LogP contribution is -2.31. The Bertz CT molecular complexity index is 344. The highest BCUT2D eigenvalue weighted by Gasteiger charge is 2.12. The van der Waals surface area contributed by atoms with Crippen molar-refractivity contribution >= 4 is 33.4 Å². The molecule has 0 bridgehead atoms. The topological polar surface area (TPSA) is 29.3 Å². The fraction of sp³-hybridized carbons (Fsp3) is 0.500. The summed E-state index contributed by atoms with van der Waals surface area (Å²) in [7, 11) is 2.13. The Labute approximate surface area is 111 Å². The Morgan fingerprint density at radius 1 is 1.50 bits per heavy atom. The molecule has 16 heavy (non-hydrogen) atoms. The summed E-state index contributed by atoms with van der Waals surface area (Å²) in [4.78, 5) is 2.29. The summed E-state index contributed by atoms with van der Waals surface area (Å²) in [6.07, 6.45) is 2.14. The molecule has 0 aromatic heterocycles. The van der Waals surface area contributed by atoms with Gasteiger partial charge in [0, 0.05) is 29.9 Å². The predicted molar refractivity (Wildman–Crippen MR) is 78.3 cm³/mol. The van der Waals surface area contributed by atoms with Crippen molar-refractivity contribution in [1.82, 2.24) is 0 Å². The van der Waals surface area contributed by atoms with E-state index in [1.807, 2.05) is 11.8 Å². The zero-order chi connectivity index (χ0) is 12.1. The van der Waals surface area contributed by atoms with Gasteiger partial charge in [0.05, 0.1) is 5.69 Å². The molecular weight excluding hydrogens is 284 g/mol. The molecule has 1 aromatic rings. The number of halogens is 1. The molecule has 0 fully saturated rings. The fourth-order valence-corrected chi connectivity index (χ4v) is 2.97. The molecule has 2 N–H and O–H groups in total. The lowest BCUT2D eigenvalue weighted by molar-refractivity contribution is 0.763. The van der Waals surface area contributed by atoms with Crippen molar-refractivity contribution in [3.05, 3.63) is 28.2 Å². The van der Waals surface area contributed by atoms with Crippen LogP contribution in [0.5, 0.6) is 0 Å². The molecule has 0 heterocycles. The molecule has 1 unspecified atom stereocenters. The lowest BCUT2D eigenvalue weighted by atomic mass is 10.2. The van der Waals surface area contributed by atoms with Gasteiger partial charge in [0.15, 0.2) is 0 Å². The number of nitrogens with zero attached hydrogens (tertiary/aromatic N) is 1. The van der Waals surface area contributed by atoms with Crippen LogP contribution >= 0.6 is 27.7 Å². The van der Waals surface area contributed by atoms with Crippen molar-refractivity contribution in [3.8, 4) is 0 Å². The van der Waals surface area contributed by atoms with Gasteiger partial charge >= 0.3 is 0 Å². The zero-order valence-electron chi connectivity index (χ0n) is 10.0. The molecule has 1 aromatic carbocycles. The highest BCUT2D eigenvalue weighted by molar-refractivity contribution is 9.10. The van der Waals surface area contributed by atoms with E-state index in [4.69, 9.17) is 5.73 Å². The first-order valence-electron chi connectivity index (χ1n) is 5.30. The number of nitrogens with two attached hydrogens (primary N) is 1. The van der Waals surface area contributed by atoms with Crippen molar-refractivity contribution in [3.63, 3.8) is 0 Å². The highest BCUT2D eigenvalue weighted by Crippen LogP contribution is 2.28. The van der Waals surface area contributed by atoms with Crippen molar-refractivity contribution in [2.75, 3.05) is 24.0 Å². The number of thioether (sulfide) groups is 1. The monoisotopic (exact) mass is 302 g/mol.